The SMILES string of the molecule is C=O.CC.CCC(NC(=O)c1ccc(N2CCCNCC2)c(NC(=O)c2cccc(C(F)(F)F)c2)c1)c1cccnc1. The zero-order valence-electron chi connectivity index (χ0n) is 24.1. The number of carbonyl (C=O) groups is 3. The summed E-state index contributed by atoms with van der Waals surface area (Å²) in [6.07, 6.45) is 0.324. The van der Waals surface area contributed by atoms with E-state index >= 15 is 0 Å². The Hall–Kier alpha value is -4.25. The molecule has 3 N–H and O–H groups in total. The molecule has 0 spiro atoms. The van der Waals surface area contributed by atoms with Crippen LogP contribution in [0.4, 0.5) is 24.5 Å². The lowest BCUT2D eigenvalue weighted by atomic mass is 10.1. The predicted octanol–water partition coefficient (Wildman–Crippen LogP) is 5.87. The number of carbonyl (C=O) groups excluding carboxylic acids is 3. The molecule has 42 heavy (non-hydrogen) atoms. The molecule has 1 atom stereocenters. The first kappa shape index (κ1) is 34.0. The predicted molar refractivity (Wildman–Crippen MR) is 159 cm³/mol. The number of benzene rings is 2. The van der Waals surface area contributed by atoms with Gasteiger partial charge >= 0.3 is 6.18 Å². The average Bonchev–Trinajstić information content (AvgIpc) is 3.31. The number of hydrogen-bond acceptors (Lipinski definition) is 6. The van der Waals surface area contributed by atoms with Crippen molar-refractivity contribution in [3.63, 3.8) is 0 Å². The minimum atomic E-state index is -4.57. The van der Waals surface area contributed by atoms with Crippen LogP contribution in [0.3, 0.4) is 0 Å². The van der Waals surface area contributed by atoms with Gasteiger partial charge in [-0.2, -0.15) is 13.2 Å². The van der Waals surface area contributed by atoms with Gasteiger partial charge in [0.25, 0.3) is 11.8 Å². The van der Waals surface area contributed by atoms with Crippen LogP contribution in [0.5, 0.6) is 0 Å². The number of nitrogens with zero attached hydrogens (tertiary/aromatic N) is 2. The molecule has 1 aliphatic rings. The summed E-state index contributed by atoms with van der Waals surface area (Å²) in [6.45, 7) is 11.0. The Morgan fingerprint density at radius 3 is 2.40 bits per heavy atom. The van der Waals surface area contributed by atoms with E-state index in [0.717, 1.165) is 43.8 Å². The van der Waals surface area contributed by atoms with Crippen molar-refractivity contribution in [3.05, 3.63) is 89.2 Å². The molecule has 2 aromatic carbocycles. The van der Waals surface area contributed by atoms with Gasteiger partial charge in [-0.3, -0.25) is 14.6 Å². The van der Waals surface area contributed by atoms with E-state index in [9.17, 15) is 22.8 Å². The number of aromatic nitrogens is 1. The Labute approximate surface area is 244 Å². The van der Waals surface area contributed by atoms with E-state index in [1.54, 1.807) is 36.7 Å². The normalized spacial score (nSPS) is 13.7. The third kappa shape index (κ3) is 9.41. The van der Waals surface area contributed by atoms with E-state index in [1.165, 1.54) is 12.1 Å². The third-order valence-electron chi connectivity index (χ3n) is 6.44. The zero-order chi connectivity index (χ0) is 31.1. The molecule has 3 aromatic rings. The molecule has 0 saturated carbocycles. The molecular weight excluding hydrogens is 547 g/mol. The van der Waals surface area contributed by atoms with E-state index in [-0.39, 0.29) is 17.5 Å². The van der Waals surface area contributed by atoms with E-state index in [1.807, 2.05) is 33.6 Å². The molecular formula is C31H38F3N5O3. The highest BCUT2D eigenvalue weighted by molar-refractivity contribution is 6.07. The Kier molecular flexibility index (Phi) is 13.6. The van der Waals surface area contributed by atoms with Gasteiger partial charge in [0, 0.05) is 43.2 Å². The molecule has 1 aliphatic heterocycles. The van der Waals surface area contributed by atoms with Crippen LogP contribution < -0.4 is 20.9 Å². The summed E-state index contributed by atoms with van der Waals surface area (Å²) >= 11 is 0. The summed E-state index contributed by atoms with van der Waals surface area (Å²) < 4.78 is 39.6. The summed E-state index contributed by atoms with van der Waals surface area (Å²) in [4.78, 5) is 40.5. The van der Waals surface area contributed by atoms with Gasteiger partial charge in [-0.15, -0.1) is 0 Å². The molecule has 1 saturated heterocycles. The first-order chi connectivity index (χ1) is 20.3. The van der Waals surface area contributed by atoms with E-state index < -0.39 is 17.6 Å². The number of pyridine rings is 1. The molecule has 1 aromatic heterocycles. The van der Waals surface area contributed by atoms with Crippen LogP contribution in [0.25, 0.3) is 0 Å². The van der Waals surface area contributed by atoms with Crippen molar-refractivity contribution in [2.45, 2.75) is 45.8 Å². The lowest BCUT2D eigenvalue weighted by Crippen LogP contribution is -2.30. The van der Waals surface area contributed by atoms with Gasteiger partial charge in [0.05, 0.1) is 23.0 Å². The van der Waals surface area contributed by atoms with Gasteiger partial charge in [-0.25, -0.2) is 0 Å². The Morgan fingerprint density at radius 1 is 1.00 bits per heavy atom. The smallest absolute Gasteiger partial charge is 0.369 e. The van der Waals surface area contributed by atoms with Crippen LogP contribution in [-0.4, -0.2) is 49.8 Å². The van der Waals surface area contributed by atoms with Crippen LogP contribution in [-0.2, 0) is 11.0 Å². The van der Waals surface area contributed by atoms with Crippen molar-refractivity contribution in [1.82, 2.24) is 15.6 Å². The fourth-order valence-electron chi connectivity index (χ4n) is 4.42. The lowest BCUT2D eigenvalue weighted by molar-refractivity contribution is -0.137. The summed E-state index contributed by atoms with van der Waals surface area (Å²) in [7, 11) is 0. The highest BCUT2D eigenvalue weighted by Gasteiger charge is 2.31. The van der Waals surface area contributed by atoms with Crippen molar-refractivity contribution in [1.29, 1.82) is 0 Å². The molecule has 8 nitrogen and oxygen atoms in total. The quantitative estimate of drug-likeness (QED) is 0.320. The average molecular weight is 586 g/mol. The van der Waals surface area contributed by atoms with E-state index in [4.69, 9.17) is 4.79 Å². The van der Waals surface area contributed by atoms with Crippen LogP contribution in [0.2, 0.25) is 0 Å². The largest absolute Gasteiger partial charge is 0.416 e. The number of rotatable bonds is 7. The number of anilines is 2. The molecule has 226 valence electrons. The van der Waals surface area contributed by atoms with Crippen LogP contribution in [0.1, 0.15) is 71.5 Å². The maximum atomic E-state index is 13.2. The maximum absolute atomic E-state index is 13.2. The molecule has 4 rings (SSSR count). The van der Waals surface area contributed by atoms with Crippen molar-refractivity contribution in [2.75, 3.05) is 36.4 Å². The van der Waals surface area contributed by atoms with Crippen molar-refractivity contribution in [2.24, 2.45) is 0 Å². The Morgan fingerprint density at radius 2 is 1.74 bits per heavy atom. The molecule has 2 heterocycles. The fourth-order valence-corrected chi connectivity index (χ4v) is 4.42. The maximum Gasteiger partial charge on any atom is 0.416 e. The number of hydrogen-bond donors (Lipinski definition) is 3. The monoisotopic (exact) mass is 585 g/mol. The standard InChI is InChI=1S/C28H30F3N5O2.C2H6.CH2O/c1-2-23(21-7-4-11-33-18-21)34-27(38)20-9-10-25(36-14-5-12-32-13-15-36)24(17-20)35-26(37)19-6-3-8-22(16-19)28(29,30)31;2*1-2/h3-4,6-11,16-18,23,32H,2,5,12-15H2,1H3,(H,34,38)(H,35,37);1-2H3;1H2. The first-order valence-electron chi connectivity index (χ1n) is 13.8. The first-order valence-corrected chi connectivity index (χ1v) is 13.8. The second kappa shape index (κ2) is 16.9. The van der Waals surface area contributed by atoms with Gasteiger partial charge in [0.1, 0.15) is 6.79 Å². The lowest BCUT2D eigenvalue weighted by Gasteiger charge is -2.26. The minimum Gasteiger partial charge on any atom is -0.369 e. The Balaban J connectivity index is 0.00000148. The summed E-state index contributed by atoms with van der Waals surface area (Å²) in [5.74, 6) is -1.02. The highest BCUT2D eigenvalue weighted by Crippen LogP contribution is 2.31. The number of alkyl halides is 3. The molecule has 11 heteroatoms. The molecule has 1 fully saturated rings. The second-order valence-corrected chi connectivity index (χ2v) is 9.08. The van der Waals surface area contributed by atoms with E-state index in [0.29, 0.717) is 29.9 Å². The second-order valence-electron chi connectivity index (χ2n) is 9.08. The zero-order valence-corrected chi connectivity index (χ0v) is 24.1. The van der Waals surface area contributed by atoms with Gasteiger partial charge in [0.15, 0.2) is 0 Å². The van der Waals surface area contributed by atoms with Crippen LogP contribution in [0.15, 0.2) is 67.0 Å². The number of amides is 2. The van der Waals surface area contributed by atoms with Gasteiger partial charge in [0.2, 0.25) is 0 Å². The van der Waals surface area contributed by atoms with Crippen molar-refractivity contribution >= 4 is 30.0 Å². The van der Waals surface area contributed by atoms with E-state index in [2.05, 4.69) is 25.8 Å². The minimum absolute atomic E-state index is 0.124. The highest BCUT2D eigenvalue weighted by atomic mass is 19.4. The summed E-state index contributed by atoms with van der Waals surface area (Å²) in [5.41, 5.74) is 1.22. The summed E-state index contributed by atoms with van der Waals surface area (Å²) in [5, 5.41) is 9.09. The molecule has 1 unspecified atom stereocenters. The third-order valence-corrected chi connectivity index (χ3v) is 6.44. The van der Waals surface area contributed by atoms with Crippen molar-refractivity contribution in [3.8, 4) is 0 Å². The molecule has 0 bridgehead atoms. The fraction of sp³-hybridized carbons (Fsp3) is 0.355. The Bertz CT molecular complexity index is 1280. The molecule has 2 amide bonds. The topological polar surface area (TPSA) is 103 Å². The molecule has 0 radical (unpaired) electrons. The van der Waals surface area contributed by atoms with Gasteiger partial charge in [-0.05, 0) is 67.4 Å². The van der Waals surface area contributed by atoms with Gasteiger partial charge in [-0.1, -0.05) is 32.9 Å². The van der Waals surface area contributed by atoms with Crippen LogP contribution >= 0.6 is 0 Å². The molecule has 0 aliphatic carbocycles. The summed E-state index contributed by atoms with van der Waals surface area (Å²) in [6, 6.07) is 12.7. The number of nitrogens with one attached hydrogen (secondary N) is 3. The van der Waals surface area contributed by atoms with Crippen molar-refractivity contribution < 1.29 is 27.6 Å². The van der Waals surface area contributed by atoms with Gasteiger partial charge < -0.3 is 25.6 Å². The van der Waals surface area contributed by atoms with Crippen LogP contribution in [0, 0.1) is 0 Å². The number of halogens is 3.